The van der Waals surface area contributed by atoms with Crippen molar-refractivity contribution in [3.63, 3.8) is 0 Å². The lowest BCUT2D eigenvalue weighted by atomic mass is 10.0. The van der Waals surface area contributed by atoms with Crippen LogP contribution in [0.25, 0.3) is 0 Å². The Balaban J connectivity index is 1.74. The Kier molecular flexibility index (Phi) is 2.79. The van der Waals surface area contributed by atoms with Crippen LogP contribution in [0.5, 0.6) is 0 Å². The van der Waals surface area contributed by atoms with E-state index in [1.807, 2.05) is 0 Å². The van der Waals surface area contributed by atoms with Gasteiger partial charge in [-0.1, -0.05) is 12.2 Å². The quantitative estimate of drug-likeness (QED) is 0.599. The fraction of sp³-hybridized carbons (Fsp3) is 0.800. The molecule has 0 aromatic rings. The second kappa shape index (κ2) is 4.06. The molecule has 0 bridgehead atoms. The summed E-state index contributed by atoms with van der Waals surface area (Å²) in [4.78, 5) is 0. The lowest BCUT2D eigenvalue weighted by molar-refractivity contribution is 0.417. The highest BCUT2D eigenvalue weighted by Gasteiger charge is 2.18. The molecule has 2 heteroatoms. The van der Waals surface area contributed by atoms with Crippen LogP contribution in [0, 0.1) is 0 Å². The van der Waals surface area contributed by atoms with E-state index >= 15 is 0 Å². The third-order valence-corrected chi connectivity index (χ3v) is 2.80. The van der Waals surface area contributed by atoms with Gasteiger partial charge in [0.2, 0.25) is 0 Å². The van der Waals surface area contributed by atoms with Crippen LogP contribution in [0.2, 0.25) is 0 Å². The summed E-state index contributed by atoms with van der Waals surface area (Å²) >= 11 is 0. The summed E-state index contributed by atoms with van der Waals surface area (Å²) in [5, 5.41) is 7.09. The SMILES string of the molecule is C1=CCC(NC2CCNC2)CC1. The van der Waals surface area contributed by atoms with E-state index in [-0.39, 0.29) is 0 Å². The van der Waals surface area contributed by atoms with E-state index in [2.05, 4.69) is 22.8 Å². The average molecular weight is 166 g/mol. The van der Waals surface area contributed by atoms with Gasteiger partial charge in [0.15, 0.2) is 0 Å². The molecule has 1 fully saturated rings. The van der Waals surface area contributed by atoms with Gasteiger partial charge in [0.25, 0.3) is 0 Å². The van der Waals surface area contributed by atoms with E-state index in [1.54, 1.807) is 0 Å². The molecule has 1 heterocycles. The molecule has 1 aliphatic carbocycles. The number of allylic oxidation sites excluding steroid dienone is 1. The molecule has 0 radical (unpaired) electrons. The van der Waals surface area contributed by atoms with Crippen molar-refractivity contribution in [3.05, 3.63) is 12.2 Å². The van der Waals surface area contributed by atoms with Crippen molar-refractivity contribution >= 4 is 0 Å². The second-order valence-electron chi connectivity index (χ2n) is 3.84. The molecule has 1 saturated heterocycles. The maximum Gasteiger partial charge on any atom is 0.0207 e. The van der Waals surface area contributed by atoms with Gasteiger partial charge in [-0.25, -0.2) is 0 Å². The summed E-state index contributed by atoms with van der Waals surface area (Å²) < 4.78 is 0. The Hall–Kier alpha value is -0.340. The highest BCUT2D eigenvalue weighted by atomic mass is 15.0. The van der Waals surface area contributed by atoms with Crippen LogP contribution >= 0.6 is 0 Å². The summed E-state index contributed by atoms with van der Waals surface area (Å²) in [5.74, 6) is 0. The Labute approximate surface area is 74.4 Å². The molecule has 1 aliphatic heterocycles. The van der Waals surface area contributed by atoms with Crippen molar-refractivity contribution in [1.29, 1.82) is 0 Å². The zero-order valence-corrected chi connectivity index (χ0v) is 7.55. The highest BCUT2D eigenvalue weighted by Crippen LogP contribution is 2.12. The first-order chi connectivity index (χ1) is 5.95. The smallest absolute Gasteiger partial charge is 0.0207 e. The van der Waals surface area contributed by atoms with Gasteiger partial charge < -0.3 is 10.6 Å². The van der Waals surface area contributed by atoms with E-state index in [1.165, 1.54) is 38.8 Å². The van der Waals surface area contributed by atoms with Crippen molar-refractivity contribution in [2.45, 2.75) is 37.8 Å². The first-order valence-electron chi connectivity index (χ1n) is 5.07. The van der Waals surface area contributed by atoms with Crippen LogP contribution in [0.4, 0.5) is 0 Å². The first-order valence-corrected chi connectivity index (χ1v) is 5.07. The van der Waals surface area contributed by atoms with Crippen LogP contribution in [-0.4, -0.2) is 25.2 Å². The third kappa shape index (κ3) is 2.08. The highest BCUT2D eigenvalue weighted by molar-refractivity contribution is 4.94. The summed E-state index contributed by atoms with van der Waals surface area (Å²) in [7, 11) is 0. The minimum Gasteiger partial charge on any atom is -0.315 e. The number of nitrogens with one attached hydrogen (secondary N) is 2. The van der Waals surface area contributed by atoms with Crippen LogP contribution in [-0.2, 0) is 0 Å². The normalized spacial score (nSPS) is 35.7. The maximum absolute atomic E-state index is 3.70. The van der Waals surface area contributed by atoms with Crippen molar-refractivity contribution in [2.75, 3.05) is 13.1 Å². The molecule has 12 heavy (non-hydrogen) atoms. The number of hydrogen-bond acceptors (Lipinski definition) is 2. The number of hydrogen-bond donors (Lipinski definition) is 2. The average Bonchev–Trinajstić information content (AvgIpc) is 2.59. The first kappa shape index (κ1) is 8.27. The van der Waals surface area contributed by atoms with Crippen LogP contribution in [0.1, 0.15) is 25.7 Å². The van der Waals surface area contributed by atoms with E-state index in [0.29, 0.717) is 0 Å². The van der Waals surface area contributed by atoms with Gasteiger partial charge in [0.1, 0.15) is 0 Å². The fourth-order valence-corrected chi connectivity index (χ4v) is 2.08. The Bertz CT molecular complexity index is 159. The Morgan fingerprint density at radius 1 is 1.17 bits per heavy atom. The minimum atomic E-state index is 0.737. The van der Waals surface area contributed by atoms with Crippen molar-refractivity contribution in [1.82, 2.24) is 10.6 Å². The molecule has 0 amide bonds. The molecule has 2 N–H and O–H groups in total. The minimum absolute atomic E-state index is 0.737. The van der Waals surface area contributed by atoms with Crippen molar-refractivity contribution in [2.24, 2.45) is 0 Å². The van der Waals surface area contributed by atoms with E-state index in [9.17, 15) is 0 Å². The monoisotopic (exact) mass is 166 g/mol. The molecule has 2 aliphatic rings. The topological polar surface area (TPSA) is 24.1 Å². The fourth-order valence-electron chi connectivity index (χ4n) is 2.08. The summed E-state index contributed by atoms with van der Waals surface area (Å²) in [6.07, 6.45) is 9.73. The lowest BCUT2D eigenvalue weighted by Gasteiger charge is -2.23. The molecule has 0 saturated carbocycles. The number of rotatable bonds is 2. The van der Waals surface area contributed by atoms with E-state index < -0.39 is 0 Å². The molecule has 0 aromatic heterocycles. The molecule has 2 unspecified atom stereocenters. The predicted octanol–water partition coefficient (Wildman–Crippen LogP) is 1.05. The molecular formula is C10H18N2. The Morgan fingerprint density at radius 3 is 2.83 bits per heavy atom. The summed E-state index contributed by atoms with van der Waals surface area (Å²) in [6, 6.07) is 1.49. The zero-order chi connectivity index (χ0) is 8.23. The van der Waals surface area contributed by atoms with Gasteiger partial charge in [0.05, 0.1) is 0 Å². The van der Waals surface area contributed by atoms with Gasteiger partial charge in [-0.05, 0) is 32.2 Å². The van der Waals surface area contributed by atoms with Gasteiger partial charge >= 0.3 is 0 Å². The maximum atomic E-state index is 3.70. The van der Waals surface area contributed by atoms with Gasteiger partial charge in [-0.3, -0.25) is 0 Å². The lowest BCUT2D eigenvalue weighted by Crippen LogP contribution is -2.39. The largest absolute Gasteiger partial charge is 0.315 e. The summed E-state index contributed by atoms with van der Waals surface area (Å²) in [6.45, 7) is 2.36. The van der Waals surface area contributed by atoms with E-state index in [4.69, 9.17) is 0 Å². The van der Waals surface area contributed by atoms with Crippen molar-refractivity contribution in [3.8, 4) is 0 Å². The molecule has 0 aromatic carbocycles. The van der Waals surface area contributed by atoms with Gasteiger partial charge in [-0.2, -0.15) is 0 Å². The van der Waals surface area contributed by atoms with Crippen LogP contribution < -0.4 is 10.6 Å². The van der Waals surface area contributed by atoms with E-state index in [0.717, 1.165) is 12.1 Å². The van der Waals surface area contributed by atoms with Gasteiger partial charge in [0, 0.05) is 18.6 Å². The van der Waals surface area contributed by atoms with Crippen molar-refractivity contribution < 1.29 is 0 Å². The standard InChI is InChI=1S/C10H18N2/c1-2-4-9(5-3-1)12-10-6-7-11-8-10/h1-2,9-12H,3-8H2. The third-order valence-electron chi connectivity index (χ3n) is 2.80. The molecular weight excluding hydrogens is 148 g/mol. The predicted molar refractivity (Wildman–Crippen MR) is 51.2 cm³/mol. The molecule has 2 nitrogen and oxygen atoms in total. The molecule has 68 valence electrons. The summed E-state index contributed by atoms with van der Waals surface area (Å²) in [5.41, 5.74) is 0. The molecule has 2 rings (SSSR count). The molecule has 2 atom stereocenters. The second-order valence-corrected chi connectivity index (χ2v) is 3.84. The van der Waals surface area contributed by atoms with Crippen LogP contribution in [0.15, 0.2) is 12.2 Å². The zero-order valence-electron chi connectivity index (χ0n) is 7.55. The van der Waals surface area contributed by atoms with Crippen LogP contribution in [0.3, 0.4) is 0 Å². The molecule has 0 spiro atoms. The van der Waals surface area contributed by atoms with Gasteiger partial charge in [-0.15, -0.1) is 0 Å². The Morgan fingerprint density at radius 2 is 2.17 bits per heavy atom.